The summed E-state index contributed by atoms with van der Waals surface area (Å²) >= 11 is 2.10. The van der Waals surface area contributed by atoms with E-state index in [1.54, 1.807) is 0 Å². The van der Waals surface area contributed by atoms with Crippen molar-refractivity contribution in [3.63, 3.8) is 0 Å². The Bertz CT molecular complexity index is 874. The van der Waals surface area contributed by atoms with Crippen LogP contribution < -0.4 is 10.2 Å². The molecule has 27 heavy (non-hydrogen) atoms. The van der Waals surface area contributed by atoms with Crippen molar-refractivity contribution < 1.29 is 23.9 Å². The molecule has 1 fully saturated rings. The van der Waals surface area contributed by atoms with Crippen molar-refractivity contribution in [3.8, 4) is 0 Å². The summed E-state index contributed by atoms with van der Waals surface area (Å²) in [4.78, 5) is 36.9. The van der Waals surface area contributed by atoms with Gasteiger partial charge in [-0.15, -0.1) is 10.2 Å². The molecule has 1 aromatic heterocycles. The van der Waals surface area contributed by atoms with Crippen LogP contribution in [-0.2, 0) is 14.4 Å². The molecule has 0 bridgehead atoms. The number of carbonyl (C=O) groups excluding carboxylic acids is 2. The summed E-state index contributed by atoms with van der Waals surface area (Å²) in [6.07, 6.45) is 0.0413. The van der Waals surface area contributed by atoms with Gasteiger partial charge in [0.1, 0.15) is 11.1 Å². The lowest BCUT2D eigenvalue weighted by molar-refractivity contribution is -0.136. The van der Waals surface area contributed by atoms with Crippen LogP contribution in [0.1, 0.15) is 13.3 Å². The first-order valence-electron chi connectivity index (χ1n) is 7.93. The van der Waals surface area contributed by atoms with Gasteiger partial charge in [0, 0.05) is 18.7 Å². The summed E-state index contributed by atoms with van der Waals surface area (Å²) in [6.45, 7) is 1.72. The monoisotopic (exact) mass is 410 g/mol. The van der Waals surface area contributed by atoms with Gasteiger partial charge in [-0.05, 0) is 31.2 Å². The van der Waals surface area contributed by atoms with Crippen molar-refractivity contribution in [3.05, 3.63) is 30.1 Å². The van der Waals surface area contributed by atoms with Crippen LogP contribution in [0.25, 0.3) is 0 Å². The Morgan fingerprint density at radius 3 is 2.74 bits per heavy atom. The highest BCUT2D eigenvalue weighted by atomic mass is 32.2. The maximum absolute atomic E-state index is 13.0. The molecule has 1 saturated heterocycles. The molecule has 2 amide bonds. The number of nitrogens with one attached hydrogen (secondary N) is 1. The Balaban J connectivity index is 1.60. The van der Waals surface area contributed by atoms with Gasteiger partial charge in [-0.25, -0.2) is 4.39 Å². The fraction of sp³-hybridized carbons (Fsp3) is 0.312. The molecule has 2 heterocycles. The van der Waals surface area contributed by atoms with Gasteiger partial charge in [0.15, 0.2) is 4.34 Å². The summed E-state index contributed by atoms with van der Waals surface area (Å²) in [6, 6.07) is 5.50. The maximum Gasteiger partial charge on any atom is 0.316 e. The van der Waals surface area contributed by atoms with Gasteiger partial charge in [0.05, 0.1) is 5.92 Å². The SMILES string of the molecule is C[C@H](Sc1nnc(NC(=O)[C@H]2CC(=O)N(c3ccc(F)cc3)C2)s1)C(=O)O. The summed E-state index contributed by atoms with van der Waals surface area (Å²) in [5.74, 6) is -2.52. The first-order chi connectivity index (χ1) is 12.8. The Kier molecular flexibility index (Phi) is 5.71. The average molecular weight is 410 g/mol. The van der Waals surface area contributed by atoms with Gasteiger partial charge in [0.2, 0.25) is 16.9 Å². The lowest BCUT2D eigenvalue weighted by Gasteiger charge is -2.16. The Labute approximate surface area is 161 Å². The highest BCUT2D eigenvalue weighted by Crippen LogP contribution is 2.30. The van der Waals surface area contributed by atoms with Crippen molar-refractivity contribution in [2.24, 2.45) is 5.92 Å². The highest BCUT2D eigenvalue weighted by Gasteiger charge is 2.35. The van der Waals surface area contributed by atoms with Crippen molar-refractivity contribution >= 4 is 51.7 Å². The molecule has 142 valence electrons. The summed E-state index contributed by atoms with van der Waals surface area (Å²) < 4.78 is 13.5. The topological polar surface area (TPSA) is 112 Å². The van der Waals surface area contributed by atoms with E-state index < -0.39 is 23.0 Å². The van der Waals surface area contributed by atoms with Gasteiger partial charge >= 0.3 is 5.97 Å². The van der Waals surface area contributed by atoms with E-state index >= 15 is 0 Å². The van der Waals surface area contributed by atoms with E-state index in [1.807, 2.05) is 0 Å². The van der Waals surface area contributed by atoms with Crippen LogP contribution in [-0.4, -0.2) is 44.9 Å². The van der Waals surface area contributed by atoms with E-state index in [0.717, 1.165) is 23.1 Å². The molecule has 1 aliphatic rings. The zero-order valence-corrected chi connectivity index (χ0v) is 15.7. The molecule has 8 nitrogen and oxygen atoms in total. The molecule has 2 aromatic rings. The van der Waals surface area contributed by atoms with Crippen LogP contribution in [0.5, 0.6) is 0 Å². The molecular weight excluding hydrogens is 395 g/mol. The number of thioether (sulfide) groups is 1. The van der Waals surface area contributed by atoms with Gasteiger partial charge in [-0.1, -0.05) is 23.1 Å². The molecule has 3 rings (SSSR count). The average Bonchev–Trinajstić information content (AvgIpc) is 3.22. The van der Waals surface area contributed by atoms with Crippen molar-refractivity contribution in [2.75, 3.05) is 16.8 Å². The number of carboxylic acids is 1. The fourth-order valence-corrected chi connectivity index (χ4v) is 4.30. The molecule has 1 aliphatic heterocycles. The van der Waals surface area contributed by atoms with E-state index in [1.165, 1.54) is 36.1 Å². The standard InChI is InChI=1S/C16H15FN4O4S2/c1-8(14(24)25)26-16-20-19-15(27-16)18-13(23)9-6-12(22)21(7-9)11-4-2-10(17)3-5-11/h2-5,8-9H,6-7H2,1H3,(H,24,25)(H,18,19,23)/t8-,9-/m0/s1. The molecular formula is C16H15FN4O4S2. The lowest BCUT2D eigenvalue weighted by atomic mass is 10.1. The molecule has 0 radical (unpaired) electrons. The predicted octanol–water partition coefficient (Wildman–Crippen LogP) is 2.23. The number of carbonyl (C=O) groups is 3. The Morgan fingerprint density at radius 1 is 1.37 bits per heavy atom. The number of carboxylic acid groups (broad SMARTS) is 1. The van der Waals surface area contributed by atoms with Crippen LogP contribution in [0, 0.1) is 11.7 Å². The van der Waals surface area contributed by atoms with Crippen LogP contribution in [0.15, 0.2) is 28.6 Å². The van der Waals surface area contributed by atoms with Crippen molar-refractivity contribution in [2.45, 2.75) is 22.9 Å². The van der Waals surface area contributed by atoms with E-state index in [0.29, 0.717) is 10.0 Å². The van der Waals surface area contributed by atoms with Crippen LogP contribution in [0.4, 0.5) is 15.2 Å². The summed E-state index contributed by atoms with van der Waals surface area (Å²) in [5, 5.41) is 18.8. The van der Waals surface area contributed by atoms with Crippen LogP contribution >= 0.6 is 23.1 Å². The highest BCUT2D eigenvalue weighted by molar-refractivity contribution is 8.02. The number of halogens is 1. The zero-order valence-electron chi connectivity index (χ0n) is 14.1. The third-order valence-corrected chi connectivity index (χ3v) is 5.91. The molecule has 1 aromatic carbocycles. The van der Waals surface area contributed by atoms with Gasteiger partial charge in [-0.3, -0.25) is 14.4 Å². The molecule has 0 spiro atoms. The van der Waals surface area contributed by atoms with E-state index in [2.05, 4.69) is 15.5 Å². The van der Waals surface area contributed by atoms with E-state index in [4.69, 9.17) is 5.11 Å². The first kappa shape index (κ1) is 19.2. The lowest BCUT2D eigenvalue weighted by Crippen LogP contribution is -2.28. The molecule has 0 unspecified atom stereocenters. The number of amides is 2. The minimum absolute atomic E-state index is 0.0413. The molecule has 11 heteroatoms. The summed E-state index contributed by atoms with van der Waals surface area (Å²) in [7, 11) is 0. The number of aromatic nitrogens is 2. The van der Waals surface area contributed by atoms with E-state index in [-0.39, 0.29) is 29.9 Å². The number of aliphatic carboxylic acids is 1. The van der Waals surface area contributed by atoms with Crippen molar-refractivity contribution in [1.82, 2.24) is 10.2 Å². The normalized spacial score (nSPS) is 17.8. The molecule has 2 atom stereocenters. The Hall–Kier alpha value is -2.53. The second kappa shape index (κ2) is 8.01. The summed E-state index contributed by atoms with van der Waals surface area (Å²) in [5.41, 5.74) is 0.536. The van der Waals surface area contributed by atoms with Gasteiger partial charge < -0.3 is 15.3 Å². The third-order valence-electron chi connectivity index (χ3n) is 3.90. The molecule has 2 N–H and O–H groups in total. The number of benzene rings is 1. The second-order valence-electron chi connectivity index (χ2n) is 5.84. The zero-order chi connectivity index (χ0) is 19.6. The fourth-order valence-electron chi connectivity index (χ4n) is 2.47. The first-order valence-corrected chi connectivity index (χ1v) is 9.63. The second-order valence-corrected chi connectivity index (χ2v) is 8.41. The molecule has 0 saturated carbocycles. The maximum atomic E-state index is 13.0. The number of hydrogen-bond acceptors (Lipinski definition) is 7. The Morgan fingerprint density at radius 2 is 2.07 bits per heavy atom. The van der Waals surface area contributed by atoms with Crippen molar-refractivity contribution in [1.29, 1.82) is 0 Å². The number of rotatable bonds is 6. The number of hydrogen-bond donors (Lipinski definition) is 2. The predicted molar refractivity (Wildman–Crippen MR) is 98.4 cm³/mol. The molecule has 0 aliphatic carbocycles. The number of nitrogens with zero attached hydrogens (tertiary/aromatic N) is 3. The quantitative estimate of drug-likeness (QED) is 0.555. The largest absolute Gasteiger partial charge is 0.480 e. The van der Waals surface area contributed by atoms with Gasteiger partial charge in [0.25, 0.3) is 0 Å². The van der Waals surface area contributed by atoms with Crippen LogP contribution in [0.3, 0.4) is 0 Å². The van der Waals surface area contributed by atoms with Crippen LogP contribution in [0.2, 0.25) is 0 Å². The minimum atomic E-state index is -0.967. The minimum Gasteiger partial charge on any atom is -0.480 e. The van der Waals surface area contributed by atoms with Gasteiger partial charge in [-0.2, -0.15) is 0 Å². The smallest absolute Gasteiger partial charge is 0.316 e. The number of anilines is 2. The third kappa shape index (κ3) is 4.61. The van der Waals surface area contributed by atoms with E-state index in [9.17, 15) is 18.8 Å².